The lowest BCUT2D eigenvalue weighted by atomic mass is 10.1. The van der Waals surface area contributed by atoms with Gasteiger partial charge in [0.15, 0.2) is 0 Å². The molecule has 156 valence electrons. The molecule has 8 heteroatoms. The summed E-state index contributed by atoms with van der Waals surface area (Å²) in [5.74, 6) is -0.132. The molecule has 0 spiro atoms. The van der Waals surface area contributed by atoms with Crippen LogP contribution in [0.4, 0.5) is 4.39 Å². The zero-order valence-corrected chi connectivity index (χ0v) is 18.0. The average molecular weight is 446 g/mol. The molecule has 0 saturated carbocycles. The maximum atomic E-state index is 14.1. The first-order valence-corrected chi connectivity index (χ1v) is 10.9. The Balaban J connectivity index is 1.36. The van der Waals surface area contributed by atoms with Crippen LogP contribution in [0.25, 0.3) is 11.3 Å². The van der Waals surface area contributed by atoms with E-state index in [0.29, 0.717) is 26.2 Å². The smallest absolute Gasteiger partial charge is 0.258 e. The summed E-state index contributed by atoms with van der Waals surface area (Å²) < 4.78 is 19.3. The van der Waals surface area contributed by atoms with Gasteiger partial charge in [-0.2, -0.15) is 0 Å². The number of piperazine rings is 1. The van der Waals surface area contributed by atoms with Crippen LogP contribution in [0.5, 0.6) is 5.75 Å². The molecule has 2 heterocycles. The predicted molar refractivity (Wildman–Crippen MR) is 117 cm³/mol. The molecule has 0 aliphatic carbocycles. The number of hydrogen-bond acceptors (Lipinski definition) is 5. The van der Waals surface area contributed by atoms with E-state index >= 15 is 0 Å². The Morgan fingerprint density at radius 2 is 1.97 bits per heavy atom. The van der Waals surface area contributed by atoms with Gasteiger partial charge in [0, 0.05) is 37.1 Å². The minimum Gasteiger partial charge on any atom is -0.497 e. The van der Waals surface area contributed by atoms with Crippen LogP contribution < -0.4 is 4.74 Å². The molecule has 1 saturated heterocycles. The lowest BCUT2D eigenvalue weighted by molar-refractivity contribution is 0.0624. The van der Waals surface area contributed by atoms with E-state index in [1.165, 1.54) is 18.2 Å². The minimum absolute atomic E-state index is 0.0459. The van der Waals surface area contributed by atoms with Gasteiger partial charge in [0.25, 0.3) is 5.91 Å². The fourth-order valence-corrected chi connectivity index (χ4v) is 4.55. The molecule has 0 radical (unpaired) electrons. The number of hydrogen-bond donors (Lipinski definition) is 0. The zero-order valence-electron chi connectivity index (χ0n) is 16.5. The van der Waals surface area contributed by atoms with Crippen molar-refractivity contribution in [1.29, 1.82) is 0 Å². The SMILES string of the molecule is COc1cccc(-c2csc(CN3CCN(C(=O)c4c(F)cccc4Cl)CC3)n2)c1. The van der Waals surface area contributed by atoms with Gasteiger partial charge in [-0.15, -0.1) is 11.3 Å². The summed E-state index contributed by atoms with van der Waals surface area (Å²) in [6.07, 6.45) is 0. The largest absolute Gasteiger partial charge is 0.497 e. The van der Waals surface area contributed by atoms with Gasteiger partial charge in [-0.1, -0.05) is 29.8 Å². The number of nitrogens with zero attached hydrogens (tertiary/aromatic N) is 3. The molecule has 30 heavy (non-hydrogen) atoms. The molecule has 4 rings (SSSR count). The molecule has 3 aromatic rings. The highest BCUT2D eigenvalue weighted by Crippen LogP contribution is 2.26. The average Bonchev–Trinajstić information content (AvgIpc) is 3.22. The van der Waals surface area contributed by atoms with Gasteiger partial charge in [-0.05, 0) is 24.3 Å². The molecular formula is C22H21ClFN3O2S. The fraction of sp³-hybridized carbons (Fsp3) is 0.273. The van der Waals surface area contributed by atoms with Gasteiger partial charge in [0.1, 0.15) is 16.6 Å². The van der Waals surface area contributed by atoms with Crippen molar-refractivity contribution in [3.8, 4) is 17.0 Å². The Morgan fingerprint density at radius 1 is 1.20 bits per heavy atom. The second-order valence-electron chi connectivity index (χ2n) is 7.02. The van der Waals surface area contributed by atoms with Gasteiger partial charge in [-0.25, -0.2) is 9.37 Å². The van der Waals surface area contributed by atoms with E-state index in [4.69, 9.17) is 21.3 Å². The summed E-state index contributed by atoms with van der Waals surface area (Å²) in [5.41, 5.74) is 1.90. The Morgan fingerprint density at radius 3 is 2.70 bits per heavy atom. The maximum Gasteiger partial charge on any atom is 0.258 e. The van der Waals surface area contributed by atoms with Crippen molar-refractivity contribution in [2.75, 3.05) is 33.3 Å². The lowest BCUT2D eigenvalue weighted by Gasteiger charge is -2.34. The van der Waals surface area contributed by atoms with E-state index in [0.717, 1.165) is 28.6 Å². The van der Waals surface area contributed by atoms with E-state index in [1.807, 2.05) is 29.6 Å². The van der Waals surface area contributed by atoms with Gasteiger partial charge in [0.2, 0.25) is 0 Å². The number of ether oxygens (including phenoxy) is 1. The van der Waals surface area contributed by atoms with Crippen molar-refractivity contribution < 1.29 is 13.9 Å². The number of amides is 1. The van der Waals surface area contributed by atoms with Crippen molar-refractivity contribution in [1.82, 2.24) is 14.8 Å². The van der Waals surface area contributed by atoms with Crippen molar-refractivity contribution in [2.24, 2.45) is 0 Å². The molecule has 0 atom stereocenters. The molecule has 5 nitrogen and oxygen atoms in total. The van der Waals surface area contributed by atoms with Crippen LogP contribution >= 0.6 is 22.9 Å². The van der Waals surface area contributed by atoms with E-state index in [2.05, 4.69) is 4.90 Å². The van der Waals surface area contributed by atoms with Crippen LogP contribution in [0.1, 0.15) is 15.4 Å². The quantitative estimate of drug-likeness (QED) is 0.577. The Labute approximate surface area is 183 Å². The van der Waals surface area contributed by atoms with Gasteiger partial charge < -0.3 is 9.64 Å². The summed E-state index contributed by atoms with van der Waals surface area (Å²) in [5, 5.41) is 3.21. The van der Waals surface area contributed by atoms with Crippen molar-refractivity contribution in [2.45, 2.75) is 6.54 Å². The van der Waals surface area contributed by atoms with Crippen LogP contribution in [0, 0.1) is 5.82 Å². The summed E-state index contributed by atoms with van der Waals surface area (Å²) in [4.78, 5) is 21.3. The molecule has 1 amide bonds. The number of benzene rings is 2. The molecule has 0 N–H and O–H groups in total. The monoisotopic (exact) mass is 445 g/mol. The number of thiazole rings is 1. The highest BCUT2D eigenvalue weighted by Gasteiger charge is 2.26. The summed E-state index contributed by atoms with van der Waals surface area (Å²) in [6.45, 7) is 3.17. The molecule has 0 unspecified atom stereocenters. The first kappa shape index (κ1) is 20.8. The molecule has 2 aromatic carbocycles. The molecule has 0 bridgehead atoms. The van der Waals surface area contributed by atoms with Crippen molar-refractivity contribution in [3.05, 3.63) is 69.3 Å². The van der Waals surface area contributed by atoms with Gasteiger partial charge >= 0.3 is 0 Å². The van der Waals surface area contributed by atoms with Crippen LogP contribution in [0.15, 0.2) is 47.8 Å². The first-order chi connectivity index (χ1) is 14.5. The van der Waals surface area contributed by atoms with Crippen LogP contribution in [-0.4, -0.2) is 54.0 Å². The molecule has 1 fully saturated rings. The third-order valence-electron chi connectivity index (χ3n) is 5.11. The van der Waals surface area contributed by atoms with E-state index < -0.39 is 5.82 Å². The van der Waals surface area contributed by atoms with Crippen molar-refractivity contribution in [3.63, 3.8) is 0 Å². The Bertz CT molecular complexity index is 1030. The number of aromatic nitrogens is 1. The van der Waals surface area contributed by atoms with Gasteiger partial charge in [0.05, 0.1) is 29.9 Å². The topological polar surface area (TPSA) is 45.7 Å². The number of methoxy groups -OCH3 is 1. The highest BCUT2D eigenvalue weighted by molar-refractivity contribution is 7.09. The normalized spacial score (nSPS) is 14.7. The number of halogens is 2. The Hall–Kier alpha value is -2.48. The summed E-state index contributed by atoms with van der Waals surface area (Å²) >= 11 is 7.66. The van der Waals surface area contributed by atoms with E-state index in [9.17, 15) is 9.18 Å². The summed E-state index contributed by atoms with van der Waals surface area (Å²) in [6, 6.07) is 12.1. The van der Waals surface area contributed by atoms with E-state index in [1.54, 1.807) is 23.3 Å². The standard InChI is InChI=1S/C22H21ClFN3O2S/c1-29-16-5-2-4-15(12-16)19-14-30-20(25-19)13-26-8-10-27(11-9-26)22(28)21-17(23)6-3-7-18(21)24/h2-7,12,14H,8-11,13H2,1H3. The lowest BCUT2D eigenvalue weighted by Crippen LogP contribution is -2.48. The number of carbonyl (C=O) groups excluding carboxylic acids is 1. The third kappa shape index (κ3) is 4.48. The minimum atomic E-state index is -0.581. The molecule has 1 aliphatic rings. The zero-order chi connectivity index (χ0) is 21.1. The van der Waals surface area contributed by atoms with Gasteiger partial charge in [-0.3, -0.25) is 9.69 Å². The molecule has 1 aromatic heterocycles. The molecule has 1 aliphatic heterocycles. The maximum absolute atomic E-state index is 14.1. The molecular weight excluding hydrogens is 425 g/mol. The second-order valence-corrected chi connectivity index (χ2v) is 8.37. The number of carbonyl (C=O) groups is 1. The Kier molecular flexibility index (Phi) is 6.32. The first-order valence-electron chi connectivity index (χ1n) is 9.59. The predicted octanol–water partition coefficient (Wildman–Crippen LogP) is 4.57. The fourth-order valence-electron chi connectivity index (χ4n) is 3.46. The van der Waals surface area contributed by atoms with Crippen LogP contribution in [0.3, 0.4) is 0 Å². The van der Waals surface area contributed by atoms with Crippen LogP contribution in [-0.2, 0) is 6.54 Å². The summed E-state index contributed by atoms with van der Waals surface area (Å²) in [7, 11) is 1.65. The second kappa shape index (κ2) is 9.12. The van der Waals surface area contributed by atoms with Crippen molar-refractivity contribution >= 4 is 28.8 Å². The van der Waals surface area contributed by atoms with E-state index in [-0.39, 0.29) is 16.5 Å². The third-order valence-corrected chi connectivity index (χ3v) is 6.26. The highest BCUT2D eigenvalue weighted by atomic mass is 35.5. The van der Waals surface area contributed by atoms with Crippen LogP contribution in [0.2, 0.25) is 5.02 Å². The number of rotatable bonds is 5.